The fourth-order valence-corrected chi connectivity index (χ4v) is 4.01. The Morgan fingerprint density at radius 1 is 1.05 bits per heavy atom. The standard InChI is InChI=1S/C23H31FN2.C8H9F.C2H6O.C2H6.CH4O.H2/c1-8-10-19(25-15(2)3)17-13-14-20(23(5,6)7)26-22(17)18-12-9-11-16(4)21(18)24;1-6-4-3-5-8(9)7(6)2;1-2-3;2*1-2;/h8-12,20,26H,1,13-14H2,2-7H3;3-5H,1-2H3;3H,2H2,1H3;1-2H3;2H,1H3;1H/b19-10-;;;;;. The summed E-state index contributed by atoms with van der Waals surface area (Å²) in [5.41, 5.74) is 6.84. The third kappa shape index (κ3) is 13.7. The first-order valence-corrected chi connectivity index (χ1v) is 14.7. The minimum absolute atomic E-state index is 0. The molecule has 1 atom stereocenters. The summed E-state index contributed by atoms with van der Waals surface area (Å²) in [6, 6.07) is 10.9. The van der Waals surface area contributed by atoms with Gasteiger partial charge in [-0.05, 0) is 94.7 Å². The van der Waals surface area contributed by atoms with Crippen molar-refractivity contribution in [1.29, 1.82) is 0 Å². The summed E-state index contributed by atoms with van der Waals surface area (Å²) in [5, 5.41) is 18.2. The monoisotopic (exact) mass is 588 g/mol. The number of allylic oxidation sites excluding steroid dienone is 3. The first kappa shape index (κ1) is 41.0. The number of nitrogens with zero attached hydrogens (tertiary/aromatic N) is 1. The Bertz CT molecular complexity index is 1160. The number of benzene rings is 2. The fraction of sp³-hybridized carbons (Fsp3) is 0.472. The van der Waals surface area contributed by atoms with Crippen molar-refractivity contribution in [1.82, 2.24) is 5.32 Å². The highest BCUT2D eigenvalue weighted by molar-refractivity contribution is 5.82. The van der Waals surface area contributed by atoms with Crippen molar-refractivity contribution in [2.75, 3.05) is 13.7 Å². The quantitative estimate of drug-likeness (QED) is 0.246. The van der Waals surface area contributed by atoms with Gasteiger partial charge in [-0.1, -0.05) is 71.5 Å². The van der Waals surface area contributed by atoms with Gasteiger partial charge in [0.05, 0.1) is 5.70 Å². The van der Waals surface area contributed by atoms with E-state index in [0.717, 1.165) is 53.8 Å². The van der Waals surface area contributed by atoms with Gasteiger partial charge in [-0.3, -0.25) is 4.99 Å². The molecule has 1 aliphatic rings. The molecule has 0 saturated carbocycles. The smallest absolute Gasteiger partial charge is 0.135 e. The molecule has 2 aromatic rings. The molecule has 3 rings (SSSR count). The van der Waals surface area contributed by atoms with E-state index in [4.69, 9.17) is 15.2 Å². The van der Waals surface area contributed by atoms with Crippen molar-refractivity contribution in [2.24, 2.45) is 10.4 Å². The number of aryl methyl sites for hydroxylation is 2. The van der Waals surface area contributed by atoms with Crippen LogP contribution in [0.1, 0.15) is 91.9 Å². The lowest BCUT2D eigenvalue weighted by Gasteiger charge is -2.38. The molecule has 1 heterocycles. The number of aliphatic hydroxyl groups excluding tert-OH is 2. The van der Waals surface area contributed by atoms with Crippen LogP contribution in [0.5, 0.6) is 0 Å². The first-order chi connectivity index (χ1) is 19.8. The van der Waals surface area contributed by atoms with Crippen LogP contribution >= 0.6 is 0 Å². The number of halogens is 2. The lowest BCUT2D eigenvalue weighted by Crippen LogP contribution is -2.42. The molecule has 0 spiro atoms. The molecule has 238 valence electrons. The van der Waals surface area contributed by atoms with Gasteiger partial charge in [0.15, 0.2) is 0 Å². The van der Waals surface area contributed by atoms with Gasteiger partial charge in [0, 0.05) is 43.7 Å². The highest BCUT2D eigenvalue weighted by Gasteiger charge is 2.31. The third-order valence-corrected chi connectivity index (χ3v) is 6.28. The summed E-state index contributed by atoms with van der Waals surface area (Å²) >= 11 is 0. The molecule has 1 aliphatic heterocycles. The summed E-state index contributed by atoms with van der Waals surface area (Å²) in [6.45, 7) is 25.8. The van der Waals surface area contributed by atoms with Crippen molar-refractivity contribution in [3.8, 4) is 0 Å². The van der Waals surface area contributed by atoms with E-state index in [1.807, 2.05) is 58.9 Å². The molecule has 0 bridgehead atoms. The molecule has 0 saturated heterocycles. The molecule has 42 heavy (non-hydrogen) atoms. The van der Waals surface area contributed by atoms with E-state index in [1.54, 1.807) is 39.0 Å². The number of rotatable bonds is 4. The van der Waals surface area contributed by atoms with E-state index < -0.39 is 0 Å². The Balaban J connectivity index is -0.000000781. The molecular formula is C36H58F2N2O2. The van der Waals surface area contributed by atoms with E-state index in [-0.39, 0.29) is 31.1 Å². The van der Waals surface area contributed by atoms with Crippen LogP contribution in [-0.2, 0) is 0 Å². The predicted octanol–water partition coefficient (Wildman–Crippen LogP) is 9.52. The van der Waals surface area contributed by atoms with Crippen molar-refractivity contribution in [3.05, 3.63) is 100 Å². The highest BCUT2D eigenvalue weighted by atomic mass is 19.1. The molecule has 0 fully saturated rings. The third-order valence-electron chi connectivity index (χ3n) is 6.28. The Morgan fingerprint density at radius 2 is 1.57 bits per heavy atom. The first-order valence-electron chi connectivity index (χ1n) is 14.7. The number of hydrogen-bond donors (Lipinski definition) is 3. The predicted molar refractivity (Wildman–Crippen MR) is 181 cm³/mol. The van der Waals surface area contributed by atoms with Crippen LogP contribution in [0.25, 0.3) is 5.70 Å². The van der Waals surface area contributed by atoms with Crippen LogP contribution in [0, 0.1) is 37.8 Å². The van der Waals surface area contributed by atoms with E-state index >= 15 is 0 Å². The molecule has 3 N–H and O–H groups in total. The number of nitrogens with one attached hydrogen (secondary N) is 1. The molecule has 0 aliphatic carbocycles. The number of aliphatic imine (C=N–C) groups is 1. The fourth-order valence-electron chi connectivity index (χ4n) is 4.01. The second-order valence-electron chi connectivity index (χ2n) is 10.7. The minimum atomic E-state index is -0.169. The van der Waals surface area contributed by atoms with E-state index in [2.05, 4.69) is 32.7 Å². The maximum atomic E-state index is 14.9. The van der Waals surface area contributed by atoms with Crippen LogP contribution in [0.2, 0.25) is 0 Å². The second-order valence-corrected chi connectivity index (χ2v) is 10.7. The van der Waals surface area contributed by atoms with Gasteiger partial charge in [0.25, 0.3) is 0 Å². The largest absolute Gasteiger partial charge is 0.400 e. The molecule has 2 aromatic carbocycles. The van der Waals surface area contributed by atoms with Crippen molar-refractivity contribution in [3.63, 3.8) is 0 Å². The average molecular weight is 589 g/mol. The summed E-state index contributed by atoms with van der Waals surface area (Å²) in [7, 11) is 1.00. The van der Waals surface area contributed by atoms with Crippen molar-refractivity contribution >= 4 is 11.4 Å². The van der Waals surface area contributed by atoms with Gasteiger partial charge < -0.3 is 15.5 Å². The topological polar surface area (TPSA) is 64.9 Å². The molecule has 1 unspecified atom stereocenters. The zero-order chi connectivity index (χ0) is 33.0. The summed E-state index contributed by atoms with van der Waals surface area (Å²) in [5.74, 6) is -0.285. The second kappa shape index (κ2) is 21.6. The zero-order valence-electron chi connectivity index (χ0n) is 28.1. The van der Waals surface area contributed by atoms with Crippen LogP contribution < -0.4 is 5.32 Å². The Kier molecular flexibility index (Phi) is 21.1. The molecule has 6 heteroatoms. The van der Waals surface area contributed by atoms with Crippen molar-refractivity contribution < 1.29 is 20.4 Å². The van der Waals surface area contributed by atoms with Gasteiger partial charge in [-0.2, -0.15) is 0 Å². The van der Waals surface area contributed by atoms with Crippen molar-refractivity contribution in [2.45, 2.75) is 95.0 Å². The van der Waals surface area contributed by atoms with Crippen LogP contribution in [0.3, 0.4) is 0 Å². The van der Waals surface area contributed by atoms with E-state index in [0.29, 0.717) is 11.1 Å². The van der Waals surface area contributed by atoms with Gasteiger partial charge in [0.2, 0.25) is 0 Å². The Hall–Kier alpha value is -3.09. The van der Waals surface area contributed by atoms with Crippen LogP contribution in [-0.4, -0.2) is 35.7 Å². The lowest BCUT2D eigenvalue weighted by atomic mass is 9.79. The number of hydrogen-bond acceptors (Lipinski definition) is 4. The van der Waals surface area contributed by atoms with Gasteiger partial charge in [0.1, 0.15) is 11.6 Å². The van der Waals surface area contributed by atoms with E-state index in [1.165, 1.54) is 6.07 Å². The minimum Gasteiger partial charge on any atom is -0.400 e. The van der Waals surface area contributed by atoms with Gasteiger partial charge in [-0.25, -0.2) is 8.78 Å². The lowest BCUT2D eigenvalue weighted by molar-refractivity contribution is 0.272. The van der Waals surface area contributed by atoms with E-state index in [9.17, 15) is 8.78 Å². The Labute approximate surface area is 256 Å². The van der Waals surface area contributed by atoms with Gasteiger partial charge >= 0.3 is 0 Å². The average Bonchev–Trinajstić information content (AvgIpc) is 2.95. The normalized spacial score (nSPS) is 14.2. The summed E-state index contributed by atoms with van der Waals surface area (Å²) in [6.07, 6.45) is 5.50. The summed E-state index contributed by atoms with van der Waals surface area (Å²) in [4.78, 5) is 4.69. The summed E-state index contributed by atoms with van der Waals surface area (Å²) < 4.78 is 27.5. The van der Waals surface area contributed by atoms with Crippen LogP contribution in [0.15, 0.2) is 71.4 Å². The van der Waals surface area contributed by atoms with Crippen LogP contribution in [0.4, 0.5) is 8.78 Å². The molecule has 0 radical (unpaired) electrons. The molecule has 4 nitrogen and oxygen atoms in total. The Morgan fingerprint density at radius 3 is 2.02 bits per heavy atom. The highest BCUT2D eigenvalue weighted by Crippen LogP contribution is 2.37. The maximum Gasteiger partial charge on any atom is 0.135 e. The SMILES string of the molecule is C=C/C=C(\N=C(C)C)C1=C(c2cccc(C)c2F)NC(C(C)(C)C)CC1.CC.CCO.CO.Cc1cccc(F)c1C.[HH]. The molecule has 0 aromatic heterocycles. The molecular weight excluding hydrogens is 530 g/mol. The zero-order valence-corrected chi connectivity index (χ0v) is 28.1. The number of aliphatic hydroxyl groups is 2. The molecule has 0 amide bonds. The van der Waals surface area contributed by atoms with Gasteiger partial charge in [-0.15, -0.1) is 0 Å². The maximum absolute atomic E-state index is 14.9.